The number of rotatable bonds is 13. The Balaban J connectivity index is 1.61. The summed E-state index contributed by atoms with van der Waals surface area (Å²) in [7, 11) is 0. The average Bonchev–Trinajstić information content (AvgIpc) is 3.44. The molecular weight excluding hydrogens is 486 g/mol. The average molecular weight is 530 g/mol. The lowest BCUT2D eigenvalue weighted by Crippen LogP contribution is -2.56. The van der Waals surface area contributed by atoms with Crippen molar-refractivity contribution in [2.75, 3.05) is 25.1 Å². The molecule has 2 bridgehead atoms. The van der Waals surface area contributed by atoms with Crippen LogP contribution >= 0.6 is 0 Å². The van der Waals surface area contributed by atoms with E-state index in [1.54, 1.807) is 29.2 Å². The van der Waals surface area contributed by atoms with Gasteiger partial charge in [0, 0.05) is 24.9 Å². The normalized spacial score (nSPS) is 30.3. The SMILES string of the molecule is CCCC(C)NC(=O)C1N(CCCCCO)C(=O)[C@@H]2[C@H](C(=O)Nc3ccc(OCC)cc3)[C@]3(C)CCC12O3. The van der Waals surface area contributed by atoms with Crippen molar-refractivity contribution in [1.29, 1.82) is 0 Å². The molecule has 1 aromatic rings. The summed E-state index contributed by atoms with van der Waals surface area (Å²) >= 11 is 0. The van der Waals surface area contributed by atoms with E-state index in [1.807, 2.05) is 20.8 Å². The van der Waals surface area contributed by atoms with E-state index in [1.165, 1.54) is 0 Å². The van der Waals surface area contributed by atoms with Gasteiger partial charge in [0.15, 0.2) is 0 Å². The third kappa shape index (κ3) is 5.15. The van der Waals surface area contributed by atoms with Crippen LogP contribution in [0.1, 0.15) is 72.6 Å². The molecular formula is C29H43N3O6. The highest BCUT2D eigenvalue weighted by molar-refractivity contribution is 6.02. The molecule has 3 unspecified atom stereocenters. The number of aliphatic hydroxyl groups is 1. The molecule has 3 heterocycles. The second-order valence-electron chi connectivity index (χ2n) is 11.2. The van der Waals surface area contributed by atoms with Crippen LogP contribution in [0.4, 0.5) is 5.69 Å². The Kier molecular flexibility index (Phi) is 8.67. The lowest BCUT2D eigenvalue weighted by Gasteiger charge is -2.34. The lowest BCUT2D eigenvalue weighted by molar-refractivity contribution is -0.145. The minimum absolute atomic E-state index is 0.0257. The van der Waals surface area contributed by atoms with Crippen LogP contribution in [0.25, 0.3) is 0 Å². The molecule has 3 fully saturated rings. The highest BCUT2D eigenvalue weighted by Gasteiger charge is 2.77. The van der Waals surface area contributed by atoms with E-state index in [-0.39, 0.29) is 30.4 Å². The van der Waals surface area contributed by atoms with Crippen molar-refractivity contribution in [3.63, 3.8) is 0 Å². The van der Waals surface area contributed by atoms with Gasteiger partial charge in [0.1, 0.15) is 17.4 Å². The highest BCUT2D eigenvalue weighted by Crippen LogP contribution is 2.63. The molecule has 0 aromatic heterocycles. The summed E-state index contributed by atoms with van der Waals surface area (Å²) in [6.07, 6.45) is 4.99. The first-order valence-electron chi connectivity index (χ1n) is 14.2. The number of likely N-dealkylation sites (tertiary alicyclic amines) is 1. The van der Waals surface area contributed by atoms with Crippen LogP contribution in [0.3, 0.4) is 0 Å². The second kappa shape index (κ2) is 11.6. The summed E-state index contributed by atoms with van der Waals surface area (Å²) < 4.78 is 12.1. The number of nitrogens with one attached hydrogen (secondary N) is 2. The Bertz CT molecular complexity index is 1020. The van der Waals surface area contributed by atoms with Crippen molar-refractivity contribution in [2.24, 2.45) is 11.8 Å². The van der Waals surface area contributed by atoms with Gasteiger partial charge < -0.3 is 30.1 Å². The number of carbonyl (C=O) groups is 3. The molecule has 3 N–H and O–H groups in total. The molecule has 1 aromatic carbocycles. The van der Waals surface area contributed by atoms with Crippen LogP contribution in [0.15, 0.2) is 24.3 Å². The quantitative estimate of drug-likeness (QED) is 0.338. The maximum atomic E-state index is 14.0. The molecule has 9 heteroatoms. The highest BCUT2D eigenvalue weighted by atomic mass is 16.5. The summed E-state index contributed by atoms with van der Waals surface area (Å²) in [5, 5.41) is 15.3. The van der Waals surface area contributed by atoms with Gasteiger partial charge in [0.2, 0.25) is 17.7 Å². The zero-order valence-corrected chi connectivity index (χ0v) is 23.1. The molecule has 0 radical (unpaired) electrons. The van der Waals surface area contributed by atoms with E-state index in [2.05, 4.69) is 17.6 Å². The van der Waals surface area contributed by atoms with Crippen molar-refractivity contribution in [2.45, 2.75) is 95.9 Å². The van der Waals surface area contributed by atoms with Gasteiger partial charge >= 0.3 is 0 Å². The van der Waals surface area contributed by atoms with E-state index in [0.29, 0.717) is 50.3 Å². The number of anilines is 1. The maximum Gasteiger partial charge on any atom is 0.246 e. The first-order chi connectivity index (χ1) is 18.2. The van der Waals surface area contributed by atoms with Gasteiger partial charge in [-0.15, -0.1) is 0 Å². The molecule has 38 heavy (non-hydrogen) atoms. The molecule has 3 aliphatic heterocycles. The van der Waals surface area contributed by atoms with Gasteiger partial charge in [0.05, 0.1) is 24.0 Å². The van der Waals surface area contributed by atoms with Gasteiger partial charge in [-0.3, -0.25) is 14.4 Å². The summed E-state index contributed by atoms with van der Waals surface area (Å²) in [6.45, 7) is 8.89. The number of benzene rings is 1. The van der Waals surface area contributed by atoms with E-state index in [9.17, 15) is 19.5 Å². The third-order valence-electron chi connectivity index (χ3n) is 8.41. The molecule has 3 aliphatic rings. The monoisotopic (exact) mass is 529 g/mol. The molecule has 0 aliphatic carbocycles. The number of ether oxygens (including phenoxy) is 2. The fraction of sp³-hybridized carbons (Fsp3) is 0.690. The standard InChI is InChI=1S/C29H43N3O6/c1-5-10-19(3)30-26(35)24-29-16-15-28(4,38-29)22(23(29)27(36)32(24)17-8-7-9-18-33)25(34)31-20-11-13-21(14-12-20)37-6-2/h11-14,19,22-24,33H,5-10,15-18H2,1-4H3,(H,30,35)(H,31,34)/t19?,22-,23+,24?,28+,29?/m1/s1. The Morgan fingerprint density at radius 3 is 2.55 bits per heavy atom. The van der Waals surface area contributed by atoms with Gasteiger partial charge in [-0.05, 0) is 83.6 Å². The molecule has 210 valence electrons. The smallest absolute Gasteiger partial charge is 0.246 e. The fourth-order valence-corrected chi connectivity index (χ4v) is 6.79. The minimum Gasteiger partial charge on any atom is -0.494 e. The van der Waals surface area contributed by atoms with Crippen LogP contribution in [-0.4, -0.2) is 70.8 Å². The number of hydrogen-bond acceptors (Lipinski definition) is 6. The maximum absolute atomic E-state index is 14.0. The first-order valence-corrected chi connectivity index (χ1v) is 14.2. The van der Waals surface area contributed by atoms with Crippen molar-refractivity contribution in [3.05, 3.63) is 24.3 Å². The van der Waals surface area contributed by atoms with Crippen LogP contribution in [0, 0.1) is 11.8 Å². The van der Waals surface area contributed by atoms with Gasteiger partial charge in [0.25, 0.3) is 0 Å². The molecule has 0 saturated carbocycles. The van der Waals surface area contributed by atoms with Crippen molar-refractivity contribution >= 4 is 23.4 Å². The Morgan fingerprint density at radius 2 is 1.89 bits per heavy atom. The van der Waals surface area contributed by atoms with E-state index >= 15 is 0 Å². The van der Waals surface area contributed by atoms with E-state index < -0.39 is 29.1 Å². The summed E-state index contributed by atoms with van der Waals surface area (Å²) in [6, 6.07) is 6.36. The lowest BCUT2D eigenvalue weighted by atomic mass is 9.66. The van der Waals surface area contributed by atoms with Crippen LogP contribution in [0.2, 0.25) is 0 Å². The topological polar surface area (TPSA) is 117 Å². The summed E-state index contributed by atoms with van der Waals surface area (Å²) in [5.41, 5.74) is -1.24. The van der Waals surface area contributed by atoms with Gasteiger partial charge in [-0.1, -0.05) is 13.3 Å². The molecule has 4 rings (SSSR count). The second-order valence-corrected chi connectivity index (χ2v) is 11.2. The van der Waals surface area contributed by atoms with Crippen LogP contribution in [-0.2, 0) is 19.1 Å². The predicted molar refractivity (Wildman–Crippen MR) is 144 cm³/mol. The molecule has 3 saturated heterocycles. The summed E-state index contributed by atoms with van der Waals surface area (Å²) in [5.74, 6) is -1.38. The van der Waals surface area contributed by atoms with Crippen molar-refractivity contribution in [3.8, 4) is 5.75 Å². The zero-order valence-electron chi connectivity index (χ0n) is 23.1. The van der Waals surface area contributed by atoms with E-state index in [0.717, 1.165) is 19.3 Å². The van der Waals surface area contributed by atoms with Gasteiger partial charge in [-0.25, -0.2) is 0 Å². The predicted octanol–water partition coefficient (Wildman–Crippen LogP) is 3.26. The zero-order chi connectivity index (χ0) is 27.5. The number of amides is 3. The van der Waals surface area contributed by atoms with Crippen molar-refractivity contribution < 1.29 is 29.0 Å². The number of aliphatic hydroxyl groups excluding tert-OH is 1. The van der Waals surface area contributed by atoms with E-state index in [4.69, 9.17) is 9.47 Å². The van der Waals surface area contributed by atoms with Gasteiger partial charge in [-0.2, -0.15) is 0 Å². The molecule has 1 spiro atoms. The number of nitrogens with zero attached hydrogens (tertiary/aromatic N) is 1. The van der Waals surface area contributed by atoms with Crippen LogP contribution < -0.4 is 15.4 Å². The summed E-state index contributed by atoms with van der Waals surface area (Å²) in [4.78, 5) is 43.1. The molecule has 9 nitrogen and oxygen atoms in total. The first kappa shape index (κ1) is 28.4. The number of hydrogen-bond donors (Lipinski definition) is 3. The number of unbranched alkanes of at least 4 members (excludes halogenated alkanes) is 2. The largest absolute Gasteiger partial charge is 0.494 e. The minimum atomic E-state index is -1.03. The Morgan fingerprint density at radius 1 is 1.16 bits per heavy atom. The Labute approximate surface area is 225 Å². The number of carbonyl (C=O) groups excluding carboxylic acids is 3. The fourth-order valence-electron chi connectivity index (χ4n) is 6.79. The Hall–Kier alpha value is -2.65. The number of fused-ring (bicyclic) bond motifs is 1. The van der Waals surface area contributed by atoms with Crippen molar-refractivity contribution in [1.82, 2.24) is 10.2 Å². The molecule has 3 amide bonds. The van der Waals surface area contributed by atoms with Crippen LogP contribution in [0.5, 0.6) is 5.75 Å². The third-order valence-corrected chi connectivity index (χ3v) is 8.41. The molecule has 6 atom stereocenters.